The van der Waals surface area contributed by atoms with Crippen molar-refractivity contribution in [2.75, 3.05) is 0 Å². The molecule has 0 aliphatic heterocycles. The first-order valence-corrected chi connectivity index (χ1v) is 10.5. The molecule has 0 fully saturated rings. The molecule has 0 bridgehead atoms. The Balaban J connectivity index is 3.29. The molecule has 0 heterocycles. The standard InChI is InChI=1S/C24H42O2/c1-9-11-18(5)16-23(6,7)19-13-22(26)20(14-21(19)25)24(8,12-10-2)15-17(3)4/h13-14,17-18,25-26H,9-12,15-16H2,1-8H3. The fourth-order valence-corrected chi connectivity index (χ4v) is 4.98. The van der Waals surface area contributed by atoms with Gasteiger partial charge in [0, 0.05) is 11.1 Å². The van der Waals surface area contributed by atoms with Crippen molar-refractivity contribution < 1.29 is 10.2 Å². The number of phenolic OH excluding ortho intramolecular Hbond substituents is 2. The Morgan fingerprint density at radius 2 is 1.38 bits per heavy atom. The molecule has 1 rings (SSSR count). The number of hydrogen-bond donors (Lipinski definition) is 2. The lowest BCUT2D eigenvalue weighted by molar-refractivity contribution is 0.320. The van der Waals surface area contributed by atoms with Gasteiger partial charge in [0.25, 0.3) is 0 Å². The van der Waals surface area contributed by atoms with Crippen LogP contribution in [0.25, 0.3) is 0 Å². The van der Waals surface area contributed by atoms with Gasteiger partial charge in [0.15, 0.2) is 0 Å². The molecular formula is C24H42O2. The molecule has 2 N–H and O–H groups in total. The first-order valence-electron chi connectivity index (χ1n) is 10.5. The monoisotopic (exact) mass is 362 g/mol. The zero-order chi connectivity index (χ0) is 20.1. The van der Waals surface area contributed by atoms with E-state index in [4.69, 9.17) is 0 Å². The maximum absolute atomic E-state index is 10.9. The predicted molar refractivity (Wildman–Crippen MR) is 113 cm³/mol. The van der Waals surface area contributed by atoms with E-state index in [2.05, 4.69) is 55.4 Å². The lowest BCUT2D eigenvalue weighted by Gasteiger charge is -2.35. The normalized spacial score (nSPS) is 15.9. The van der Waals surface area contributed by atoms with Crippen LogP contribution in [0.3, 0.4) is 0 Å². The number of aromatic hydroxyl groups is 2. The van der Waals surface area contributed by atoms with Gasteiger partial charge in [-0.05, 0) is 54.1 Å². The average Bonchev–Trinajstić information content (AvgIpc) is 2.48. The van der Waals surface area contributed by atoms with Crippen molar-refractivity contribution in [2.45, 2.75) is 105 Å². The molecule has 0 aliphatic rings. The van der Waals surface area contributed by atoms with Crippen LogP contribution in [0, 0.1) is 11.8 Å². The van der Waals surface area contributed by atoms with Crippen LogP contribution < -0.4 is 0 Å². The maximum atomic E-state index is 10.9. The lowest BCUT2D eigenvalue weighted by Crippen LogP contribution is -2.25. The van der Waals surface area contributed by atoms with Gasteiger partial charge in [-0.1, -0.05) is 74.7 Å². The Kier molecular flexibility index (Phi) is 8.04. The van der Waals surface area contributed by atoms with Gasteiger partial charge in [-0.15, -0.1) is 0 Å². The molecule has 26 heavy (non-hydrogen) atoms. The van der Waals surface area contributed by atoms with Gasteiger partial charge in [0.2, 0.25) is 0 Å². The third-order valence-corrected chi connectivity index (χ3v) is 5.79. The molecule has 0 aliphatic carbocycles. The summed E-state index contributed by atoms with van der Waals surface area (Å²) in [5.41, 5.74) is 1.49. The van der Waals surface area contributed by atoms with Gasteiger partial charge in [-0.2, -0.15) is 0 Å². The highest BCUT2D eigenvalue weighted by atomic mass is 16.3. The molecule has 2 atom stereocenters. The van der Waals surface area contributed by atoms with Crippen LogP contribution in [0.15, 0.2) is 12.1 Å². The van der Waals surface area contributed by atoms with E-state index in [9.17, 15) is 10.2 Å². The maximum Gasteiger partial charge on any atom is 0.119 e. The van der Waals surface area contributed by atoms with E-state index >= 15 is 0 Å². The summed E-state index contributed by atoms with van der Waals surface area (Å²) in [6.07, 6.45) is 6.45. The van der Waals surface area contributed by atoms with Gasteiger partial charge in [-0.3, -0.25) is 0 Å². The molecule has 1 aromatic rings. The van der Waals surface area contributed by atoms with Crippen molar-refractivity contribution in [3.63, 3.8) is 0 Å². The number of benzene rings is 1. The highest BCUT2D eigenvalue weighted by molar-refractivity contribution is 5.51. The van der Waals surface area contributed by atoms with Gasteiger partial charge >= 0.3 is 0 Å². The second-order valence-electron chi connectivity index (χ2n) is 9.78. The molecule has 150 valence electrons. The fraction of sp³-hybridized carbons (Fsp3) is 0.750. The summed E-state index contributed by atoms with van der Waals surface area (Å²) in [6.45, 7) is 17.7. The Morgan fingerprint density at radius 1 is 0.846 bits per heavy atom. The molecule has 1 aromatic carbocycles. The summed E-state index contributed by atoms with van der Waals surface area (Å²) >= 11 is 0. The molecule has 2 nitrogen and oxygen atoms in total. The van der Waals surface area contributed by atoms with Crippen molar-refractivity contribution >= 4 is 0 Å². The van der Waals surface area contributed by atoms with E-state index < -0.39 is 0 Å². The largest absolute Gasteiger partial charge is 0.508 e. The third-order valence-electron chi connectivity index (χ3n) is 5.79. The number of phenols is 2. The lowest BCUT2D eigenvalue weighted by atomic mass is 9.70. The van der Waals surface area contributed by atoms with E-state index in [0.717, 1.165) is 36.8 Å². The molecular weight excluding hydrogens is 320 g/mol. The molecule has 2 unspecified atom stereocenters. The van der Waals surface area contributed by atoms with Crippen LogP contribution in [-0.2, 0) is 10.8 Å². The van der Waals surface area contributed by atoms with E-state index in [1.54, 1.807) is 0 Å². The van der Waals surface area contributed by atoms with Crippen molar-refractivity contribution in [2.24, 2.45) is 11.8 Å². The van der Waals surface area contributed by atoms with Gasteiger partial charge in [0.05, 0.1) is 0 Å². The van der Waals surface area contributed by atoms with Crippen LogP contribution in [0.5, 0.6) is 11.5 Å². The molecule has 2 heteroatoms. The van der Waals surface area contributed by atoms with E-state index in [1.165, 1.54) is 12.8 Å². The summed E-state index contributed by atoms with van der Waals surface area (Å²) in [5.74, 6) is 1.81. The summed E-state index contributed by atoms with van der Waals surface area (Å²) in [4.78, 5) is 0. The molecule has 0 spiro atoms. The Hall–Kier alpha value is -1.18. The van der Waals surface area contributed by atoms with Crippen LogP contribution >= 0.6 is 0 Å². The van der Waals surface area contributed by atoms with Gasteiger partial charge < -0.3 is 10.2 Å². The van der Waals surface area contributed by atoms with Crippen molar-refractivity contribution in [3.8, 4) is 11.5 Å². The van der Waals surface area contributed by atoms with Crippen molar-refractivity contribution in [3.05, 3.63) is 23.3 Å². The SMILES string of the molecule is CCCC(C)CC(C)(C)c1cc(O)c(C(C)(CCC)CC(C)C)cc1O. The highest BCUT2D eigenvalue weighted by Gasteiger charge is 2.33. The minimum atomic E-state index is -0.159. The van der Waals surface area contributed by atoms with Crippen molar-refractivity contribution in [1.82, 2.24) is 0 Å². The Bertz CT molecular complexity index is 574. The quantitative estimate of drug-likeness (QED) is 0.428. The highest BCUT2D eigenvalue weighted by Crippen LogP contribution is 2.46. The van der Waals surface area contributed by atoms with Gasteiger partial charge in [-0.25, -0.2) is 0 Å². The fourth-order valence-electron chi connectivity index (χ4n) is 4.98. The Morgan fingerprint density at radius 3 is 1.88 bits per heavy atom. The predicted octanol–water partition coefficient (Wildman–Crippen LogP) is 7.31. The molecule has 0 saturated heterocycles. The van der Waals surface area contributed by atoms with E-state index in [0.29, 0.717) is 23.3 Å². The third kappa shape index (κ3) is 5.66. The average molecular weight is 363 g/mol. The summed E-state index contributed by atoms with van der Waals surface area (Å²) < 4.78 is 0. The number of hydrogen-bond acceptors (Lipinski definition) is 2. The second-order valence-corrected chi connectivity index (χ2v) is 9.78. The Labute approximate surface area is 162 Å². The first kappa shape index (κ1) is 22.9. The zero-order valence-corrected chi connectivity index (χ0v) is 18.4. The minimum absolute atomic E-state index is 0.108. The van der Waals surface area contributed by atoms with E-state index in [1.807, 2.05) is 12.1 Å². The van der Waals surface area contributed by atoms with Crippen molar-refractivity contribution in [1.29, 1.82) is 0 Å². The van der Waals surface area contributed by atoms with Crippen LogP contribution in [0.1, 0.15) is 105 Å². The number of rotatable bonds is 10. The van der Waals surface area contributed by atoms with E-state index in [-0.39, 0.29) is 10.8 Å². The van der Waals surface area contributed by atoms with Crippen LogP contribution in [0.2, 0.25) is 0 Å². The smallest absolute Gasteiger partial charge is 0.119 e. The van der Waals surface area contributed by atoms with Crippen LogP contribution in [-0.4, -0.2) is 10.2 Å². The topological polar surface area (TPSA) is 40.5 Å². The molecule has 0 radical (unpaired) electrons. The van der Waals surface area contributed by atoms with Gasteiger partial charge in [0.1, 0.15) is 11.5 Å². The van der Waals surface area contributed by atoms with Crippen LogP contribution in [0.4, 0.5) is 0 Å². The first-order chi connectivity index (χ1) is 12.0. The summed E-state index contributed by atoms with van der Waals surface area (Å²) in [5, 5.41) is 21.7. The molecule has 0 aromatic heterocycles. The zero-order valence-electron chi connectivity index (χ0n) is 18.4. The second kappa shape index (κ2) is 9.15. The minimum Gasteiger partial charge on any atom is -0.508 e. The molecule has 0 saturated carbocycles. The summed E-state index contributed by atoms with van der Waals surface area (Å²) in [6, 6.07) is 3.67. The summed E-state index contributed by atoms with van der Waals surface area (Å²) in [7, 11) is 0. The molecule has 0 amide bonds.